The molecule has 0 radical (unpaired) electrons. The number of aromatic nitrogens is 2. The van der Waals surface area contributed by atoms with Crippen molar-refractivity contribution in [2.75, 3.05) is 20.2 Å². The lowest BCUT2D eigenvalue weighted by Gasteiger charge is -2.26. The Labute approximate surface area is 207 Å². The average molecular weight is 510 g/mol. The van der Waals surface area contributed by atoms with Gasteiger partial charge in [0.2, 0.25) is 0 Å². The number of nitrogens with zero attached hydrogens (tertiary/aromatic N) is 3. The second-order valence-corrected chi connectivity index (χ2v) is 8.67. The quantitative estimate of drug-likeness (QED) is 0.517. The molecule has 1 fully saturated rings. The van der Waals surface area contributed by atoms with Crippen LogP contribution in [0.25, 0.3) is 16.9 Å². The van der Waals surface area contributed by atoms with Gasteiger partial charge in [-0.2, -0.15) is 5.10 Å². The van der Waals surface area contributed by atoms with Crippen molar-refractivity contribution in [2.24, 2.45) is 0 Å². The molecule has 10 heteroatoms. The zero-order valence-corrected chi connectivity index (χ0v) is 20.3. The van der Waals surface area contributed by atoms with Crippen molar-refractivity contribution in [3.63, 3.8) is 0 Å². The summed E-state index contributed by atoms with van der Waals surface area (Å²) in [5, 5.41) is 7.61. The number of benzene rings is 2. The number of hydrogen-bond acceptors (Lipinski definition) is 5. The van der Waals surface area contributed by atoms with Crippen molar-refractivity contribution in [3.05, 3.63) is 57.7 Å². The first-order valence-corrected chi connectivity index (χ1v) is 11.2. The number of ether oxygens (including phenoxy) is 2. The molecule has 1 N–H and O–H groups in total. The summed E-state index contributed by atoms with van der Waals surface area (Å²) in [5.41, 5.74) is 6.24. The molecule has 174 valence electrons. The number of nitrogens with one attached hydrogen (secondary N) is 1. The highest BCUT2D eigenvalue weighted by atomic mass is 35.5. The third-order valence-corrected chi connectivity index (χ3v) is 6.31. The van der Waals surface area contributed by atoms with Crippen LogP contribution < -0.4 is 14.9 Å². The summed E-state index contributed by atoms with van der Waals surface area (Å²) in [6, 6.07) is 10.8. The second-order valence-electron chi connectivity index (χ2n) is 7.82. The molecule has 3 heterocycles. The molecule has 3 aromatic rings. The Hall–Kier alpha value is -2.45. The van der Waals surface area contributed by atoms with Crippen LogP contribution in [0, 0.1) is 0 Å². The minimum atomic E-state index is -0.257. The molecular weight excluding hydrogens is 487 g/mol. The van der Waals surface area contributed by atoms with E-state index in [1.807, 2.05) is 23.2 Å². The Balaban J connectivity index is 0.00000259. The first-order valence-electron chi connectivity index (χ1n) is 10.5. The summed E-state index contributed by atoms with van der Waals surface area (Å²) in [6.45, 7) is 1.87. The number of methoxy groups -OCH3 is 1. The molecule has 0 atom stereocenters. The zero-order chi connectivity index (χ0) is 22.2. The summed E-state index contributed by atoms with van der Waals surface area (Å²) < 4.78 is 13.0. The minimum absolute atomic E-state index is 0. The van der Waals surface area contributed by atoms with E-state index >= 15 is 0 Å². The number of carbonyl (C=O) groups excluding carboxylic acids is 1. The molecule has 0 bridgehead atoms. The Morgan fingerprint density at radius 1 is 1.12 bits per heavy atom. The summed E-state index contributed by atoms with van der Waals surface area (Å²) >= 11 is 12.6. The van der Waals surface area contributed by atoms with Crippen LogP contribution in [0.4, 0.5) is 0 Å². The predicted molar refractivity (Wildman–Crippen MR) is 130 cm³/mol. The van der Waals surface area contributed by atoms with Gasteiger partial charge >= 0.3 is 0 Å². The molecule has 2 aromatic carbocycles. The lowest BCUT2D eigenvalue weighted by Crippen LogP contribution is -2.45. The van der Waals surface area contributed by atoms with E-state index in [-0.39, 0.29) is 24.9 Å². The van der Waals surface area contributed by atoms with Crippen molar-refractivity contribution in [3.8, 4) is 28.4 Å². The summed E-state index contributed by atoms with van der Waals surface area (Å²) in [6.07, 6.45) is 3.30. The van der Waals surface area contributed by atoms with Crippen molar-refractivity contribution in [1.82, 2.24) is 20.2 Å². The van der Waals surface area contributed by atoms with Crippen LogP contribution in [0.1, 0.15) is 35.3 Å². The number of amides is 1. The van der Waals surface area contributed by atoms with E-state index in [0.717, 1.165) is 37.2 Å². The van der Waals surface area contributed by atoms with Gasteiger partial charge in [0.1, 0.15) is 18.1 Å². The molecule has 0 aliphatic carbocycles. The van der Waals surface area contributed by atoms with Crippen LogP contribution in [0.5, 0.6) is 11.5 Å². The van der Waals surface area contributed by atoms with E-state index < -0.39 is 0 Å². The zero-order valence-electron chi connectivity index (χ0n) is 17.9. The number of rotatable bonds is 4. The number of piperidine rings is 1. The van der Waals surface area contributed by atoms with Crippen molar-refractivity contribution in [1.29, 1.82) is 0 Å². The van der Waals surface area contributed by atoms with E-state index in [2.05, 4.69) is 5.43 Å². The van der Waals surface area contributed by atoms with E-state index in [1.54, 1.807) is 30.0 Å². The number of hydrazine groups is 1. The third-order valence-electron chi connectivity index (χ3n) is 5.77. The predicted octanol–water partition coefficient (Wildman–Crippen LogP) is 5.30. The van der Waals surface area contributed by atoms with Gasteiger partial charge in [0.15, 0.2) is 5.69 Å². The smallest absolute Gasteiger partial charge is 0.286 e. The first-order chi connectivity index (χ1) is 15.5. The Kier molecular flexibility index (Phi) is 7.05. The first kappa shape index (κ1) is 23.7. The Bertz CT molecular complexity index is 1190. The van der Waals surface area contributed by atoms with Crippen molar-refractivity contribution < 1.29 is 14.3 Å². The number of fused-ring (bicyclic) bond motifs is 3. The maximum Gasteiger partial charge on any atom is 0.286 e. The van der Waals surface area contributed by atoms with Gasteiger partial charge in [0.25, 0.3) is 5.91 Å². The fraction of sp³-hybridized carbons (Fsp3) is 0.304. The van der Waals surface area contributed by atoms with E-state index in [0.29, 0.717) is 38.5 Å². The van der Waals surface area contributed by atoms with Crippen LogP contribution in [0.15, 0.2) is 36.4 Å². The molecule has 5 rings (SSSR count). The minimum Gasteiger partial charge on any atom is -0.497 e. The molecule has 7 nitrogen and oxygen atoms in total. The SMILES string of the molecule is COc1ccc2c(c1)OCc1c(C(=O)NN3CCCCC3)nn(-c3ccc(Cl)cc3Cl)c1-2.Cl. The van der Waals surface area contributed by atoms with E-state index in [9.17, 15) is 4.79 Å². The van der Waals surface area contributed by atoms with Crippen LogP contribution >= 0.6 is 35.6 Å². The van der Waals surface area contributed by atoms with Gasteiger partial charge < -0.3 is 9.47 Å². The highest BCUT2D eigenvalue weighted by molar-refractivity contribution is 6.35. The maximum atomic E-state index is 13.2. The normalized spacial score (nSPS) is 15.0. The van der Waals surface area contributed by atoms with Crippen molar-refractivity contribution in [2.45, 2.75) is 25.9 Å². The lowest BCUT2D eigenvalue weighted by atomic mass is 10.0. The molecule has 0 saturated carbocycles. The third kappa shape index (κ3) is 4.51. The topological polar surface area (TPSA) is 68.6 Å². The summed E-state index contributed by atoms with van der Waals surface area (Å²) in [5.74, 6) is 1.09. The van der Waals surface area contributed by atoms with E-state index in [4.69, 9.17) is 37.8 Å². The van der Waals surface area contributed by atoms with Gasteiger partial charge in [-0.25, -0.2) is 9.69 Å². The molecule has 1 saturated heterocycles. The van der Waals surface area contributed by atoms with E-state index in [1.165, 1.54) is 6.42 Å². The Morgan fingerprint density at radius 2 is 1.91 bits per heavy atom. The summed E-state index contributed by atoms with van der Waals surface area (Å²) in [7, 11) is 1.61. The monoisotopic (exact) mass is 508 g/mol. The highest BCUT2D eigenvalue weighted by Crippen LogP contribution is 2.42. The fourth-order valence-electron chi connectivity index (χ4n) is 4.17. The molecule has 1 amide bonds. The summed E-state index contributed by atoms with van der Waals surface area (Å²) in [4.78, 5) is 13.2. The van der Waals surface area contributed by atoms with Gasteiger partial charge in [-0.15, -0.1) is 12.4 Å². The molecule has 0 spiro atoms. The van der Waals surface area contributed by atoms with Gasteiger partial charge in [0.05, 0.1) is 23.5 Å². The molecule has 2 aliphatic rings. The maximum absolute atomic E-state index is 13.2. The van der Waals surface area contributed by atoms with Gasteiger partial charge in [-0.1, -0.05) is 29.6 Å². The van der Waals surface area contributed by atoms with Gasteiger partial charge in [-0.05, 0) is 43.2 Å². The van der Waals surface area contributed by atoms with Crippen LogP contribution in [0.3, 0.4) is 0 Å². The lowest BCUT2D eigenvalue weighted by molar-refractivity contribution is 0.0742. The Morgan fingerprint density at radius 3 is 2.64 bits per heavy atom. The number of halogens is 3. The largest absolute Gasteiger partial charge is 0.497 e. The number of hydrogen-bond donors (Lipinski definition) is 1. The highest BCUT2D eigenvalue weighted by Gasteiger charge is 2.31. The van der Waals surface area contributed by atoms with Gasteiger partial charge in [-0.3, -0.25) is 10.2 Å². The van der Waals surface area contributed by atoms with Crippen LogP contribution in [0.2, 0.25) is 10.0 Å². The second kappa shape index (κ2) is 9.81. The standard InChI is InChI=1S/C23H22Cl2N4O3.ClH/c1-31-15-6-7-16-20(12-15)32-13-17-21(23(30)27-28-9-3-2-4-10-28)26-29(22(16)17)19-8-5-14(24)11-18(19)25;/h5-8,11-12H,2-4,9-10,13H2,1H3,(H,27,30);1H. The average Bonchev–Trinajstić information content (AvgIpc) is 3.19. The molecule has 1 aromatic heterocycles. The molecule has 2 aliphatic heterocycles. The fourth-order valence-corrected chi connectivity index (χ4v) is 4.66. The van der Waals surface area contributed by atoms with Gasteiger partial charge in [0, 0.05) is 35.3 Å². The molecule has 33 heavy (non-hydrogen) atoms. The number of carbonyl (C=O) groups is 1. The van der Waals surface area contributed by atoms with Crippen LogP contribution in [-0.4, -0.2) is 40.9 Å². The van der Waals surface area contributed by atoms with Crippen LogP contribution in [-0.2, 0) is 6.61 Å². The molecular formula is C23H23Cl3N4O3. The van der Waals surface area contributed by atoms with Crippen molar-refractivity contribution >= 4 is 41.5 Å². The molecule has 0 unspecified atom stereocenters.